The number of nitrogens with two attached hydrogens (primary N) is 2. The Morgan fingerprint density at radius 1 is 1.04 bits per heavy atom. The molecule has 0 atom stereocenters. The third kappa shape index (κ3) is 4.72. The monoisotopic (exact) mass is 366 g/mol. The molecule has 0 saturated heterocycles. The molecule has 138 valence electrons. The van der Waals surface area contributed by atoms with Gasteiger partial charge in [0.05, 0.1) is 5.56 Å². The highest BCUT2D eigenvalue weighted by atomic mass is 19.1. The molecule has 7 heteroatoms. The number of halogens is 1. The number of pyridine rings is 1. The van der Waals surface area contributed by atoms with Gasteiger partial charge in [0.2, 0.25) is 0 Å². The first-order valence-electron chi connectivity index (χ1n) is 8.28. The SMILES string of the molecule is Nc1ccc(C(=O)NCc2ccc(OCc3ccccc3F)cc2)c(N)n1. The minimum Gasteiger partial charge on any atom is -0.489 e. The van der Waals surface area contributed by atoms with Gasteiger partial charge in [0.25, 0.3) is 5.91 Å². The number of nitrogen functional groups attached to an aromatic ring is 2. The minimum absolute atomic E-state index is 0.0874. The lowest BCUT2D eigenvalue weighted by Crippen LogP contribution is -2.24. The lowest BCUT2D eigenvalue weighted by molar-refractivity contribution is 0.0951. The summed E-state index contributed by atoms with van der Waals surface area (Å²) in [7, 11) is 0. The molecule has 1 aromatic heterocycles. The van der Waals surface area contributed by atoms with E-state index in [1.807, 2.05) is 12.1 Å². The van der Waals surface area contributed by atoms with Gasteiger partial charge in [-0.25, -0.2) is 9.37 Å². The van der Waals surface area contributed by atoms with Crippen molar-refractivity contribution < 1.29 is 13.9 Å². The van der Waals surface area contributed by atoms with Crippen molar-refractivity contribution >= 4 is 17.5 Å². The van der Waals surface area contributed by atoms with E-state index in [1.54, 1.807) is 30.3 Å². The van der Waals surface area contributed by atoms with Gasteiger partial charge in [-0.2, -0.15) is 0 Å². The molecule has 0 unspecified atom stereocenters. The van der Waals surface area contributed by atoms with Crippen LogP contribution in [0.4, 0.5) is 16.0 Å². The van der Waals surface area contributed by atoms with Gasteiger partial charge in [0, 0.05) is 12.1 Å². The Labute approximate surface area is 156 Å². The van der Waals surface area contributed by atoms with Crippen molar-refractivity contribution in [1.29, 1.82) is 0 Å². The van der Waals surface area contributed by atoms with Crippen molar-refractivity contribution in [3.63, 3.8) is 0 Å². The zero-order valence-electron chi connectivity index (χ0n) is 14.5. The van der Waals surface area contributed by atoms with E-state index in [9.17, 15) is 9.18 Å². The maximum absolute atomic E-state index is 13.6. The van der Waals surface area contributed by atoms with E-state index in [4.69, 9.17) is 16.2 Å². The summed E-state index contributed by atoms with van der Waals surface area (Å²) < 4.78 is 19.2. The predicted octanol–water partition coefficient (Wildman–Crippen LogP) is 2.89. The highest BCUT2D eigenvalue weighted by Crippen LogP contribution is 2.16. The van der Waals surface area contributed by atoms with Crippen LogP contribution in [0.25, 0.3) is 0 Å². The zero-order valence-corrected chi connectivity index (χ0v) is 14.5. The molecular formula is C20H19FN4O2. The van der Waals surface area contributed by atoms with Crippen LogP contribution < -0.4 is 21.5 Å². The van der Waals surface area contributed by atoms with E-state index in [2.05, 4.69) is 10.3 Å². The van der Waals surface area contributed by atoms with Gasteiger partial charge in [-0.3, -0.25) is 4.79 Å². The Balaban J connectivity index is 1.54. The second-order valence-corrected chi connectivity index (χ2v) is 5.88. The van der Waals surface area contributed by atoms with Crippen molar-refractivity contribution in [3.8, 4) is 5.75 Å². The molecule has 27 heavy (non-hydrogen) atoms. The van der Waals surface area contributed by atoms with Crippen molar-refractivity contribution in [2.45, 2.75) is 13.2 Å². The first-order valence-corrected chi connectivity index (χ1v) is 8.28. The van der Waals surface area contributed by atoms with E-state index < -0.39 is 0 Å². The summed E-state index contributed by atoms with van der Waals surface area (Å²) in [5.41, 5.74) is 12.9. The van der Waals surface area contributed by atoms with Crippen molar-refractivity contribution in [2.75, 3.05) is 11.5 Å². The van der Waals surface area contributed by atoms with Crippen molar-refractivity contribution in [3.05, 3.63) is 83.2 Å². The number of hydrogen-bond acceptors (Lipinski definition) is 5. The van der Waals surface area contributed by atoms with Crippen LogP contribution in [0.1, 0.15) is 21.5 Å². The summed E-state index contributed by atoms with van der Waals surface area (Å²) >= 11 is 0. The fourth-order valence-corrected chi connectivity index (χ4v) is 2.44. The lowest BCUT2D eigenvalue weighted by atomic mass is 10.2. The van der Waals surface area contributed by atoms with Crippen LogP contribution in [0.3, 0.4) is 0 Å². The van der Waals surface area contributed by atoms with E-state index in [1.165, 1.54) is 18.2 Å². The van der Waals surface area contributed by atoms with Gasteiger partial charge in [0.15, 0.2) is 0 Å². The number of nitrogens with zero attached hydrogens (tertiary/aromatic N) is 1. The topological polar surface area (TPSA) is 103 Å². The number of ether oxygens (including phenoxy) is 1. The molecule has 6 nitrogen and oxygen atoms in total. The first-order chi connectivity index (χ1) is 13.0. The Hall–Kier alpha value is -3.61. The Morgan fingerprint density at radius 2 is 1.78 bits per heavy atom. The summed E-state index contributed by atoms with van der Waals surface area (Å²) in [4.78, 5) is 16.0. The number of carbonyl (C=O) groups is 1. The molecule has 3 aromatic rings. The van der Waals surface area contributed by atoms with E-state index in [0.29, 0.717) is 17.9 Å². The summed E-state index contributed by atoms with van der Waals surface area (Å²) in [6.45, 7) is 0.461. The minimum atomic E-state index is -0.333. The summed E-state index contributed by atoms with van der Waals surface area (Å²) in [5.74, 6) is 0.327. The van der Waals surface area contributed by atoms with Crippen LogP contribution >= 0.6 is 0 Å². The normalized spacial score (nSPS) is 10.4. The van der Waals surface area contributed by atoms with Crippen LogP contribution in [0.15, 0.2) is 60.7 Å². The van der Waals surface area contributed by atoms with E-state index in [-0.39, 0.29) is 35.5 Å². The zero-order chi connectivity index (χ0) is 19.2. The number of rotatable bonds is 6. The molecule has 0 fully saturated rings. The van der Waals surface area contributed by atoms with Crippen LogP contribution in [-0.2, 0) is 13.2 Å². The number of hydrogen-bond donors (Lipinski definition) is 3. The quantitative estimate of drug-likeness (QED) is 0.622. The number of aromatic nitrogens is 1. The highest BCUT2D eigenvalue weighted by molar-refractivity contribution is 5.98. The molecule has 0 bridgehead atoms. The third-order valence-corrected chi connectivity index (χ3v) is 3.92. The molecule has 0 radical (unpaired) electrons. The van der Waals surface area contributed by atoms with E-state index >= 15 is 0 Å². The molecule has 0 aliphatic heterocycles. The molecule has 1 heterocycles. The largest absolute Gasteiger partial charge is 0.489 e. The van der Waals surface area contributed by atoms with Crippen molar-refractivity contribution in [2.24, 2.45) is 0 Å². The lowest BCUT2D eigenvalue weighted by Gasteiger charge is -2.09. The molecule has 0 spiro atoms. The molecule has 1 amide bonds. The molecule has 0 aliphatic carbocycles. The highest BCUT2D eigenvalue weighted by Gasteiger charge is 2.10. The molecule has 0 aliphatic rings. The summed E-state index contributed by atoms with van der Waals surface area (Å²) in [6, 6.07) is 16.7. The summed E-state index contributed by atoms with van der Waals surface area (Å²) in [6.07, 6.45) is 0. The van der Waals surface area contributed by atoms with Crippen LogP contribution in [-0.4, -0.2) is 10.9 Å². The van der Waals surface area contributed by atoms with Gasteiger partial charge < -0.3 is 21.5 Å². The fraction of sp³-hybridized carbons (Fsp3) is 0.100. The second-order valence-electron chi connectivity index (χ2n) is 5.88. The van der Waals surface area contributed by atoms with Gasteiger partial charge >= 0.3 is 0 Å². The molecule has 2 aromatic carbocycles. The average molecular weight is 366 g/mol. The van der Waals surface area contributed by atoms with Gasteiger partial charge in [-0.05, 0) is 35.9 Å². The number of amides is 1. The molecule has 5 N–H and O–H groups in total. The van der Waals surface area contributed by atoms with Gasteiger partial charge in [0.1, 0.15) is 29.8 Å². The standard InChI is InChI=1S/C20H19FN4O2/c21-17-4-2-1-3-14(17)12-27-15-7-5-13(6-8-15)11-24-20(26)16-9-10-18(22)25-19(16)23/h1-10H,11-12H2,(H,24,26)(H4,22,23,25). The Bertz CT molecular complexity index is 945. The number of benzene rings is 2. The Kier molecular flexibility index (Phi) is 5.51. The third-order valence-electron chi connectivity index (χ3n) is 3.92. The molecular weight excluding hydrogens is 347 g/mol. The maximum Gasteiger partial charge on any atom is 0.255 e. The summed E-state index contributed by atoms with van der Waals surface area (Å²) in [5, 5.41) is 2.77. The first kappa shape index (κ1) is 18.2. The van der Waals surface area contributed by atoms with Crippen molar-refractivity contribution in [1.82, 2.24) is 10.3 Å². The number of nitrogens with one attached hydrogen (secondary N) is 1. The van der Waals surface area contributed by atoms with Crippen LogP contribution in [0.5, 0.6) is 5.75 Å². The molecule has 3 rings (SSSR count). The van der Waals surface area contributed by atoms with Crippen LogP contribution in [0, 0.1) is 5.82 Å². The molecule has 0 saturated carbocycles. The Morgan fingerprint density at radius 3 is 2.48 bits per heavy atom. The van der Waals surface area contributed by atoms with Gasteiger partial charge in [-0.15, -0.1) is 0 Å². The predicted molar refractivity (Wildman–Crippen MR) is 101 cm³/mol. The fourth-order valence-electron chi connectivity index (χ4n) is 2.44. The van der Waals surface area contributed by atoms with E-state index in [0.717, 1.165) is 5.56 Å². The van der Waals surface area contributed by atoms with Gasteiger partial charge in [-0.1, -0.05) is 30.3 Å². The smallest absolute Gasteiger partial charge is 0.255 e. The number of carbonyl (C=O) groups excluding carboxylic acids is 1. The number of anilines is 2. The second kappa shape index (κ2) is 8.18. The average Bonchev–Trinajstić information content (AvgIpc) is 2.66. The van der Waals surface area contributed by atoms with Crippen LogP contribution in [0.2, 0.25) is 0 Å². The maximum atomic E-state index is 13.6.